The van der Waals surface area contributed by atoms with Crippen LogP contribution in [0.25, 0.3) is 0 Å². The van der Waals surface area contributed by atoms with Crippen molar-refractivity contribution in [2.24, 2.45) is 0 Å². The maximum atomic E-state index is 8.88. The first-order valence-electron chi connectivity index (χ1n) is 10.2. The van der Waals surface area contributed by atoms with Crippen molar-refractivity contribution >= 4 is 17.2 Å². The summed E-state index contributed by atoms with van der Waals surface area (Å²) < 4.78 is 0. The number of nitrogens with zero attached hydrogens (tertiary/aromatic N) is 2. The van der Waals surface area contributed by atoms with Crippen molar-refractivity contribution < 1.29 is 0 Å². The van der Waals surface area contributed by atoms with Gasteiger partial charge in [0.25, 0.3) is 0 Å². The van der Waals surface area contributed by atoms with E-state index in [1.54, 1.807) is 6.08 Å². The van der Waals surface area contributed by atoms with E-state index in [4.69, 9.17) is 17.5 Å². The molecule has 0 N–H and O–H groups in total. The first kappa shape index (κ1) is 21.5. The van der Waals surface area contributed by atoms with Crippen LogP contribution in [-0.4, -0.2) is 9.89 Å². The Labute approximate surface area is 185 Å². The van der Waals surface area contributed by atoms with E-state index in [9.17, 15) is 0 Å². The highest BCUT2D eigenvalue weighted by atomic mass is 32.1. The van der Waals surface area contributed by atoms with E-state index in [1.807, 2.05) is 24.3 Å². The Morgan fingerprint density at radius 1 is 0.833 bits per heavy atom. The van der Waals surface area contributed by atoms with Crippen molar-refractivity contribution in [1.82, 2.24) is 4.90 Å². The van der Waals surface area contributed by atoms with Crippen LogP contribution in [0.3, 0.4) is 0 Å². The number of hydrogen-bond donors (Lipinski definition) is 0. The van der Waals surface area contributed by atoms with E-state index in [2.05, 4.69) is 83.8 Å². The minimum atomic E-state index is 0.248. The fourth-order valence-electron chi connectivity index (χ4n) is 3.53. The van der Waals surface area contributed by atoms with Gasteiger partial charge in [-0.3, -0.25) is 0 Å². The van der Waals surface area contributed by atoms with Crippen molar-refractivity contribution in [2.75, 3.05) is 0 Å². The summed E-state index contributed by atoms with van der Waals surface area (Å²) in [4.78, 5) is 3.24. The normalized spacial score (nSPS) is 11.7. The summed E-state index contributed by atoms with van der Waals surface area (Å²) >= 11 is 5.97. The molecule has 0 aromatic heterocycles. The van der Waals surface area contributed by atoms with E-state index >= 15 is 0 Å². The zero-order valence-electron chi connectivity index (χ0n) is 17.0. The molecule has 30 heavy (non-hydrogen) atoms. The molecule has 0 aliphatic heterocycles. The Morgan fingerprint density at radius 3 is 1.83 bits per heavy atom. The molecule has 0 radical (unpaired) electrons. The van der Waals surface area contributed by atoms with Crippen LogP contribution in [0.15, 0.2) is 103 Å². The van der Waals surface area contributed by atoms with Gasteiger partial charge in [0.1, 0.15) is 0 Å². The van der Waals surface area contributed by atoms with Gasteiger partial charge in [0.05, 0.1) is 11.1 Å². The van der Waals surface area contributed by atoms with E-state index in [0.717, 1.165) is 30.9 Å². The number of allylic oxidation sites excluding steroid dienone is 2. The summed E-state index contributed by atoms with van der Waals surface area (Å²) in [6.45, 7) is 1.56. The molecule has 2 nitrogen and oxygen atoms in total. The summed E-state index contributed by atoms with van der Waals surface area (Å²) in [5.74, 6) is 0.248. The number of nitriles is 1. The van der Waals surface area contributed by atoms with Gasteiger partial charge < -0.3 is 4.90 Å². The third-order valence-corrected chi connectivity index (χ3v) is 5.52. The largest absolute Gasteiger partial charge is 0.357 e. The van der Waals surface area contributed by atoms with E-state index < -0.39 is 0 Å². The van der Waals surface area contributed by atoms with E-state index in [1.165, 1.54) is 16.7 Å². The van der Waals surface area contributed by atoms with Crippen LogP contribution in [0.4, 0.5) is 0 Å². The minimum Gasteiger partial charge on any atom is -0.357 e. The Balaban J connectivity index is 1.80. The number of benzene rings is 3. The zero-order valence-corrected chi connectivity index (χ0v) is 17.8. The smallest absolute Gasteiger partial charge is 0.0908 e. The van der Waals surface area contributed by atoms with Gasteiger partial charge in [-0.15, -0.1) is 0 Å². The SMILES string of the molecule is N#C/C=C\C[C@H](CC(=S)N(Cc1ccccc1)Cc1ccccc1)c1ccccc1. The average molecular weight is 411 g/mol. The minimum absolute atomic E-state index is 0.248. The van der Waals surface area contributed by atoms with Crippen LogP contribution in [0, 0.1) is 11.3 Å². The molecule has 0 amide bonds. The quantitative estimate of drug-likeness (QED) is 0.291. The topological polar surface area (TPSA) is 27.0 Å². The highest BCUT2D eigenvalue weighted by Crippen LogP contribution is 2.26. The number of rotatable bonds is 9. The van der Waals surface area contributed by atoms with Crippen molar-refractivity contribution in [2.45, 2.75) is 31.8 Å². The average Bonchev–Trinajstić information content (AvgIpc) is 2.80. The summed E-state index contributed by atoms with van der Waals surface area (Å²) in [6.07, 6.45) is 5.07. The third-order valence-electron chi connectivity index (χ3n) is 5.09. The lowest BCUT2D eigenvalue weighted by Crippen LogP contribution is -2.29. The molecule has 3 aromatic carbocycles. The molecular formula is C27H26N2S. The van der Waals surface area contributed by atoms with Gasteiger partial charge in [-0.1, -0.05) is 109 Å². The lowest BCUT2D eigenvalue weighted by molar-refractivity contribution is 0.401. The molecule has 0 saturated carbocycles. The molecule has 1 atom stereocenters. The molecule has 0 bridgehead atoms. The second-order valence-electron chi connectivity index (χ2n) is 7.30. The summed E-state index contributed by atoms with van der Waals surface area (Å²) in [5, 5.41) is 8.88. The van der Waals surface area contributed by atoms with Crippen LogP contribution in [0.5, 0.6) is 0 Å². The van der Waals surface area contributed by atoms with Gasteiger partial charge in [0.15, 0.2) is 0 Å². The summed E-state index contributed by atoms with van der Waals surface area (Å²) in [7, 11) is 0. The molecule has 150 valence electrons. The van der Waals surface area contributed by atoms with Crippen molar-refractivity contribution in [3.8, 4) is 6.07 Å². The predicted molar refractivity (Wildman–Crippen MR) is 128 cm³/mol. The van der Waals surface area contributed by atoms with Crippen molar-refractivity contribution in [3.05, 3.63) is 120 Å². The molecule has 0 spiro atoms. The highest BCUT2D eigenvalue weighted by molar-refractivity contribution is 7.80. The van der Waals surface area contributed by atoms with E-state index in [-0.39, 0.29) is 5.92 Å². The van der Waals surface area contributed by atoms with Crippen LogP contribution >= 0.6 is 12.2 Å². The van der Waals surface area contributed by atoms with Crippen molar-refractivity contribution in [1.29, 1.82) is 5.26 Å². The molecule has 3 aromatic rings. The van der Waals surface area contributed by atoms with Gasteiger partial charge in [-0.2, -0.15) is 5.26 Å². The van der Waals surface area contributed by atoms with Gasteiger partial charge >= 0.3 is 0 Å². The van der Waals surface area contributed by atoms with Crippen molar-refractivity contribution in [3.63, 3.8) is 0 Å². The Hall–Kier alpha value is -3.22. The van der Waals surface area contributed by atoms with Crippen LogP contribution in [0.1, 0.15) is 35.4 Å². The van der Waals surface area contributed by atoms with Gasteiger partial charge in [-0.05, 0) is 29.0 Å². The standard InChI is InChI=1S/C27H26N2S/c28-19-11-10-18-26(25-16-8-3-9-17-25)20-27(30)29(21-23-12-4-1-5-13-23)22-24-14-6-2-7-15-24/h1-17,26H,18,20-22H2/b11-10-/t26-/m1/s1. The molecule has 0 aliphatic carbocycles. The Morgan fingerprint density at radius 2 is 1.33 bits per heavy atom. The highest BCUT2D eigenvalue weighted by Gasteiger charge is 2.18. The molecule has 0 aliphatic rings. The molecular weight excluding hydrogens is 384 g/mol. The Kier molecular flexibility index (Phi) is 8.38. The molecule has 0 saturated heterocycles. The number of hydrogen-bond acceptors (Lipinski definition) is 2. The monoisotopic (exact) mass is 410 g/mol. The second-order valence-corrected chi connectivity index (χ2v) is 7.77. The molecule has 3 heteroatoms. The summed E-state index contributed by atoms with van der Waals surface area (Å²) in [6, 6.07) is 33.5. The fourth-order valence-corrected chi connectivity index (χ4v) is 3.86. The first-order chi connectivity index (χ1) is 14.8. The molecule has 0 heterocycles. The van der Waals surface area contributed by atoms with Crippen LogP contribution in [-0.2, 0) is 13.1 Å². The molecule has 3 rings (SSSR count). The van der Waals surface area contributed by atoms with Gasteiger partial charge in [-0.25, -0.2) is 0 Å². The molecule has 0 unspecified atom stereocenters. The zero-order chi connectivity index (χ0) is 21.0. The lowest BCUT2D eigenvalue weighted by atomic mass is 9.92. The van der Waals surface area contributed by atoms with Gasteiger partial charge in [0, 0.05) is 25.6 Å². The first-order valence-corrected chi connectivity index (χ1v) is 10.6. The second kappa shape index (κ2) is 11.7. The maximum Gasteiger partial charge on any atom is 0.0908 e. The van der Waals surface area contributed by atoms with Gasteiger partial charge in [0.2, 0.25) is 0 Å². The summed E-state index contributed by atoms with van der Waals surface area (Å²) in [5.41, 5.74) is 3.75. The maximum absolute atomic E-state index is 8.88. The van der Waals surface area contributed by atoms with Crippen LogP contribution in [0.2, 0.25) is 0 Å². The Bertz CT molecular complexity index is 934. The van der Waals surface area contributed by atoms with E-state index in [0.29, 0.717) is 0 Å². The van der Waals surface area contributed by atoms with Crippen LogP contribution < -0.4 is 0 Å². The molecule has 0 fully saturated rings. The number of thiocarbonyl (C=S) groups is 1. The third kappa shape index (κ3) is 6.69. The fraction of sp³-hybridized carbons (Fsp3) is 0.185. The lowest BCUT2D eigenvalue weighted by Gasteiger charge is -2.28. The predicted octanol–water partition coefficient (Wildman–Crippen LogP) is 6.66.